The Morgan fingerprint density at radius 3 is 2.40 bits per heavy atom. The molecule has 0 fully saturated rings. The van der Waals surface area contributed by atoms with Gasteiger partial charge in [-0.1, -0.05) is 48.5 Å². The van der Waals surface area contributed by atoms with E-state index in [1.54, 1.807) is 54.6 Å². The number of hydrogen-bond acceptors (Lipinski definition) is 5. The molecule has 3 aromatic rings. The van der Waals surface area contributed by atoms with E-state index in [2.05, 4.69) is 14.9 Å². The molecule has 0 atom stereocenters. The summed E-state index contributed by atoms with van der Waals surface area (Å²) in [7, 11) is -3.68. The minimum Gasteiger partial charge on any atom is -0.494 e. The molecule has 0 saturated heterocycles. The number of hydrazone groups is 1. The summed E-state index contributed by atoms with van der Waals surface area (Å²) in [4.78, 5) is 16.2. The summed E-state index contributed by atoms with van der Waals surface area (Å²) in [6, 6.07) is 15.3. The Kier molecular flexibility index (Phi) is 4.53. The maximum absolute atomic E-state index is 12.0. The molecule has 0 spiro atoms. The van der Waals surface area contributed by atoms with E-state index >= 15 is 0 Å². The molecule has 3 rings (SSSR count). The largest absolute Gasteiger partial charge is 0.494 e. The van der Waals surface area contributed by atoms with E-state index in [-0.39, 0.29) is 17.2 Å². The number of aromatic amines is 1. The Morgan fingerprint density at radius 1 is 1.04 bits per heavy atom. The number of sulfonamides is 1. The summed E-state index contributed by atoms with van der Waals surface area (Å²) in [6.45, 7) is 0. The maximum Gasteiger partial charge on any atom is 0.258 e. The van der Waals surface area contributed by atoms with Crippen LogP contribution in [0.25, 0.3) is 10.8 Å². The third-order valence-electron chi connectivity index (χ3n) is 3.53. The minimum atomic E-state index is -3.68. The van der Waals surface area contributed by atoms with Gasteiger partial charge in [0.25, 0.3) is 15.6 Å². The normalized spacial score (nSPS) is 11.8. The van der Waals surface area contributed by atoms with Crippen molar-refractivity contribution >= 4 is 27.0 Å². The molecule has 3 N–H and O–H groups in total. The molecule has 0 unspecified atom stereocenters. The van der Waals surface area contributed by atoms with Gasteiger partial charge in [0.2, 0.25) is 5.88 Å². The number of hydrogen-bond donors (Lipinski definition) is 3. The second-order valence-corrected chi connectivity index (χ2v) is 7.06. The van der Waals surface area contributed by atoms with E-state index in [0.29, 0.717) is 16.3 Å². The number of rotatable bonds is 5. The maximum atomic E-state index is 12.0. The van der Waals surface area contributed by atoms with Crippen LogP contribution in [0.15, 0.2) is 64.5 Å². The van der Waals surface area contributed by atoms with Crippen molar-refractivity contribution in [3.63, 3.8) is 0 Å². The van der Waals surface area contributed by atoms with E-state index in [1.165, 1.54) is 0 Å². The molecule has 0 aliphatic heterocycles. The summed E-state index contributed by atoms with van der Waals surface area (Å²) in [5.74, 6) is -0.599. The van der Waals surface area contributed by atoms with Crippen LogP contribution >= 0.6 is 0 Å². The van der Waals surface area contributed by atoms with Crippen molar-refractivity contribution in [1.82, 2.24) is 9.82 Å². The van der Waals surface area contributed by atoms with Crippen LogP contribution in [0.2, 0.25) is 0 Å². The molecule has 25 heavy (non-hydrogen) atoms. The number of H-pyrrole nitrogens is 1. The molecule has 0 bridgehead atoms. The van der Waals surface area contributed by atoms with E-state index in [4.69, 9.17) is 0 Å². The zero-order chi connectivity index (χ0) is 17.9. The molecule has 0 amide bonds. The fourth-order valence-electron chi connectivity index (χ4n) is 2.41. The fraction of sp³-hybridized carbons (Fsp3) is 0.0588. The zero-order valence-electron chi connectivity index (χ0n) is 13.0. The van der Waals surface area contributed by atoms with Crippen molar-refractivity contribution in [3.8, 4) is 5.88 Å². The quantitative estimate of drug-likeness (QED) is 0.476. The van der Waals surface area contributed by atoms with Crippen LogP contribution in [0.1, 0.15) is 11.1 Å². The smallest absolute Gasteiger partial charge is 0.258 e. The van der Waals surface area contributed by atoms with Crippen LogP contribution in [-0.4, -0.2) is 24.7 Å². The van der Waals surface area contributed by atoms with E-state index in [0.717, 1.165) is 6.21 Å². The number of benzene rings is 2. The van der Waals surface area contributed by atoms with Crippen molar-refractivity contribution in [2.75, 3.05) is 0 Å². The minimum absolute atomic E-state index is 0.219. The summed E-state index contributed by atoms with van der Waals surface area (Å²) in [5, 5.41) is 14.5. The topological polar surface area (TPSA) is 112 Å². The van der Waals surface area contributed by atoms with Crippen LogP contribution in [0.3, 0.4) is 0 Å². The number of nitrogens with one attached hydrogen (secondary N) is 2. The molecular formula is C17H15N3O4S. The molecule has 0 saturated carbocycles. The first-order chi connectivity index (χ1) is 12.0. The Bertz CT molecular complexity index is 1090. The van der Waals surface area contributed by atoms with Crippen molar-refractivity contribution in [2.45, 2.75) is 5.75 Å². The van der Waals surface area contributed by atoms with Crippen molar-refractivity contribution in [1.29, 1.82) is 0 Å². The molecule has 0 aliphatic rings. The second-order valence-electron chi connectivity index (χ2n) is 5.36. The number of fused-ring (bicyclic) bond motifs is 1. The van der Waals surface area contributed by atoms with Gasteiger partial charge in [-0.2, -0.15) is 5.10 Å². The van der Waals surface area contributed by atoms with Crippen LogP contribution in [0.5, 0.6) is 5.88 Å². The van der Waals surface area contributed by atoms with Crippen LogP contribution in [-0.2, 0) is 15.8 Å². The van der Waals surface area contributed by atoms with Gasteiger partial charge in [0.05, 0.1) is 17.5 Å². The molecule has 0 radical (unpaired) electrons. The first-order valence-electron chi connectivity index (χ1n) is 7.37. The van der Waals surface area contributed by atoms with Gasteiger partial charge in [0.1, 0.15) is 0 Å². The predicted octanol–water partition coefficient (Wildman–Crippen LogP) is 1.69. The second kappa shape index (κ2) is 6.78. The zero-order valence-corrected chi connectivity index (χ0v) is 13.8. The highest BCUT2D eigenvalue weighted by Gasteiger charge is 2.11. The van der Waals surface area contributed by atoms with Gasteiger partial charge in [-0.15, -0.1) is 0 Å². The van der Waals surface area contributed by atoms with Gasteiger partial charge >= 0.3 is 0 Å². The standard InChI is InChI=1S/C17H15N3O4S/c21-16-14-9-5-4-8-13(14)15(17(22)19-16)10-18-20-25(23,24)11-12-6-2-1-3-7-12/h1-10,20H,11H2,(H2,19,21,22)/b18-10+. The first kappa shape index (κ1) is 16.7. The first-order valence-corrected chi connectivity index (χ1v) is 9.02. The lowest BCUT2D eigenvalue weighted by Crippen LogP contribution is -2.20. The molecule has 1 heterocycles. The number of pyridine rings is 1. The van der Waals surface area contributed by atoms with Gasteiger partial charge in [0.15, 0.2) is 0 Å². The van der Waals surface area contributed by atoms with Crippen molar-refractivity contribution in [2.24, 2.45) is 5.10 Å². The van der Waals surface area contributed by atoms with Crippen LogP contribution in [0.4, 0.5) is 0 Å². The lowest BCUT2D eigenvalue weighted by atomic mass is 10.1. The highest BCUT2D eigenvalue weighted by atomic mass is 32.2. The molecule has 7 nitrogen and oxygen atoms in total. The summed E-state index contributed by atoms with van der Waals surface area (Å²) in [6.07, 6.45) is 1.16. The molecule has 128 valence electrons. The molecule has 0 aliphatic carbocycles. The van der Waals surface area contributed by atoms with Crippen LogP contribution < -0.4 is 10.4 Å². The lowest BCUT2D eigenvalue weighted by Gasteiger charge is -2.05. The average molecular weight is 357 g/mol. The van der Waals surface area contributed by atoms with Gasteiger partial charge in [-0.25, -0.2) is 13.2 Å². The monoisotopic (exact) mass is 357 g/mol. The number of aromatic nitrogens is 1. The highest BCUT2D eigenvalue weighted by Crippen LogP contribution is 2.20. The average Bonchev–Trinajstić information content (AvgIpc) is 2.58. The lowest BCUT2D eigenvalue weighted by molar-refractivity contribution is 0.452. The van der Waals surface area contributed by atoms with E-state index < -0.39 is 15.6 Å². The predicted molar refractivity (Wildman–Crippen MR) is 96.0 cm³/mol. The molecule has 1 aromatic heterocycles. The Balaban J connectivity index is 1.85. The molecule has 8 heteroatoms. The molecular weight excluding hydrogens is 342 g/mol. The van der Waals surface area contributed by atoms with Crippen molar-refractivity contribution < 1.29 is 13.5 Å². The van der Waals surface area contributed by atoms with E-state index in [1.807, 2.05) is 0 Å². The van der Waals surface area contributed by atoms with Gasteiger partial charge in [-0.3, -0.25) is 9.78 Å². The van der Waals surface area contributed by atoms with E-state index in [9.17, 15) is 18.3 Å². The van der Waals surface area contributed by atoms with Gasteiger partial charge in [0, 0.05) is 10.8 Å². The molecule has 2 aromatic carbocycles. The number of nitrogens with zero attached hydrogens (tertiary/aromatic N) is 1. The third kappa shape index (κ3) is 3.86. The Morgan fingerprint density at radius 2 is 1.68 bits per heavy atom. The Labute approximate surface area is 143 Å². The van der Waals surface area contributed by atoms with Gasteiger partial charge in [-0.05, 0) is 11.6 Å². The third-order valence-corrected chi connectivity index (χ3v) is 4.63. The van der Waals surface area contributed by atoms with Crippen molar-refractivity contribution in [3.05, 3.63) is 76.1 Å². The fourth-order valence-corrected chi connectivity index (χ4v) is 3.32. The summed E-state index contributed by atoms with van der Waals surface area (Å²) >= 11 is 0. The highest BCUT2D eigenvalue weighted by molar-refractivity contribution is 7.88. The van der Waals surface area contributed by atoms with Crippen LogP contribution in [0, 0.1) is 0 Å². The summed E-state index contributed by atoms with van der Waals surface area (Å²) in [5.41, 5.74) is 0.412. The SMILES string of the molecule is O=c1[nH]c(O)c(/C=N/NS(=O)(=O)Cc2ccccc2)c2ccccc12. The van der Waals surface area contributed by atoms with Gasteiger partial charge < -0.3 is 5.11 Å². The summed E-state index contributed by atoms with van der Waals surface area (Å²) < 4.78 is 24.1. The number of aromatic hydroxyl groups is 1. The Hall–Kier alpha value is -3.13.